The number of rotatable bonds is 1. The van der Waals surface area contributed by atoms with Crippen LogP contribution in [0.25, 0.3) is 0 Å². The van der Waals surface area contributed by atoms with Crippen LogP contribution in [0.2, 0.25) is 0 Å². The van der Waals surface area contributed by atoms with Crippen molar-refractivity contribution in [2.45, 2.75) is 64.8 Å². The van der Waals surface area contributed by atoms with E-state index in [2.05, 4.69) is 51.3 Å². The Hall–Kier alpha value is -0.150. The van der Waals surface area contributed by atoms with Gasteiger partial charge in [0, 0.05) is 24.2 Å². The van der Waals surface area contributed by atoms with Crippen LogP contribution in [0.4, 0.5) is 4.39 Å². The number of likely N-dealkylation sites (N-methyl/N-ethyl adjacent to an activating group) is 1. The molecule has 0 radical (unpaired) electrons. The van der Waals surface area contributed by atoms with Gasteiger partial charge in [-0.3, -0.25) is 9.80 Å². The summed E-state index contributed by atoms with van der Waals surface area (Å²) in [5.74, 6) is 0. The van der Waals surface area contributed by atoms with Crippen molar-refractivity contribution in [1.82, 2.24) is 9.80 Å². The van der Waals surface area contributed by atoms with Gasteiger partial charge in [0.25, 0.3) is 0 Å². The SMILES string of the molecule is CN(C1CN(C(C)(C)C)CC1F)C(C)(C)C. The lowest BCUT2D eigenvalue weighted by atomic mass is 10.0. The quantitative estimate of drug-likeness (QED) is 0.683. The minimum atomic E-state index is -0.733. The maximum Gasteiger partial charge on any atom is 0.129 e. The first-order valence-electron chi connectivity index (χ1n) is 6.15. The summed E-state index contributed by atoms with van der Waals surface area (Å²) in [5, 5.41) is 0. The van der Waals surface area contributed by atoms with Crippen LogP contribution in [0.5, 0.6) is 0 Å². The highest BCUT2D eigenvalue weighted by Crippen LogP contribution is 2.28. The number of halogens is 1. The Balaban J connectivity index is 2.72. The van der Waals surface area contributed by atoms with Gasteiger partial charge in [0.05, 0.1) is 6.04 Å². The second-order valence-corrected chi connectivity index (χ2v) is 6.94. The molecule has 0 aliphatic carbocycles. The zero-order chi connectivity index (χ0) is 12.7. The summed E-state index contributed by atoms with van der Waals surface area (Å²) in [6.07, 6.45) is -0.733. The third-order valence-electron chi connectivity index (χ3n) is 3.72. The molecule has 3 heteroatoms. The lowest BCUT2D eigenvalue weighted by molar-refractivity contribution is 0.0804. The highest BCUT2D eigenvalue weighted by molar-refractivity contribution is 4.97. The minimum Gasteiger partial charge on any atom is -0.294 e. The second-order valence-electron chi connectivity index (χ2n) is 6.94. The topological polar surface area (TPSA) is 6.48 Å². The molecule has 2 nitrogen and oxygen atoms in total. The van der Waals surface area contributed by atoms with E-state index in [0.29, 0.717) is 6.54 Å². The molecule has 0 aromatic rings. The van der Waals surface area contributed by atoms with E-state index in [-0.39, 0.29) is 17.1 Å². The first kappa shape index (κ1) is 13.9. The zero-order valence-electron chi connectivity index (χ0n) is 11.8. The van der Waals surface area contributed by atoms with Gasteiger partial charge in [-0.2, -0.15) is 0 Å². The molecule has 0 aromatic carbocycles. The Bertz CT molecular complexity index is 239. The van der Waals surface area contributed by atoms with Crippen molar-refractivity contribution in [2.24, 2.45) is 0 Å². The van der Waals surface area contributed by atoms with Crippen molar-refractivity contribution in [3.05, 3.63) is 0 Å². The Morgan fingerprint density at radius 3 is 1.88 bits per heavy atom. The van der Waals surface area contributed by atoms with Gasteiger partial charge in [-0.15, -0.1) is 0 Å². The van der Waals surface area contributed by atoms with Crippen molar-refractivity contribution in [3.63, 3.8) is 0 Å². The fraction of sp³-hybridized carbons (Fsp3) is 1.00. The van der Waals surface area contributed by atoms with E-state index in [0.717, 1.165) is 6.54 Å². The predicted molar refractivity (Wildman–Crippen MR) is 67.5 cm³/mol. The molecule has 0 spiro atoms. The van der Waals surface area contributed by atoms with Crippen molar-refractivity contribution in [3.8, 4) is 0 Å². The van der Waals surface area contributed by atoms with E-state index in [1.54, 1.807) is 0 Å². The number of alkyl halides is 1. The molecule has 1 fully saturated rings. The molecule has 0 amide bonds. The fourth-order valence-electron chi connectivity index (χ4n) is 2.16. The Labute approximate surface area is 99.8 Å². The predicted octanol–water partition coefficient (Wildman–Crippen LogP) is 2.54. The van der Waals surface area contributed by atoms with E-state index in [4.69, 9.17) is 0 Å². The Morgan fingerprint density at radius 2 is 1.56 bits per heavy atom. The lowest BCUT2D eigenvalue weighted by Gasteiger charge is -2.38. The van der Waals surface area contributed by atoms with Crippen LogP contribution >= 0.6 is 0 Å². The van der Waals surface area contributed by atoms with Crippen LogP contribution in [0.3, 0.4) is 0 Å². The summed E-state index contributed by atoms with van der Waals surface area (Å²) in [4.78, 5) is 4.41. The molecule has 96 valence electrons. The molecule has 16 heavy (non-hydrogen) atoms. The maximum atomic E-state index is 14.1. The fourth-order valence-corrected chi connectivity index (χ4v) is 2.16. The average Bonchev–Trinajstić information content (AvgIpc) is 2.43. The van der Waals surface area contributed by atoms with E-state index in [9.17, 15) is 4.39 Å². The van der Waals surface area contributed by atoms with Gasteiger partial charge in [0.15, 0.2) is 0 Å². The van der Waals surface area contributed by atoms with Crippen LogP contribution in [0.15, 0.2) is 0 Å². The first-order valence-corrected chi connectivity index (χ1v) is 6.15. The highest BCUT2D eigenvalue weighted by atomic mass is 19.1. The van der Waals surface area contributed by atoms with Crippen molar-refractivity contribution >= 4 is 0 Å². The molecular weight excluding hydrogens is 203 g/mol. The molecule has 1 aliphatic heterocycles. The second kappa shape index (κ2) is 4.26. The van der Waals surface area contributed by atoms with E-state index >= 15 is 0 Å². The van der Waals surface area contributed by atoms with Gasteiger partial charge in [-0.1, -0.05) is 0 Å². The third-order valence-corrected chi connectivity index (χ3v) is 3.72. The van der Waals surface area contributed by atoms with Gasteiger partial charge in [-0.05, 0) is 48.6 Å². The highest BCUT2D eigenvalue weighted by Gasteiger charge is 2.42. The summed E-state index contributed by atoms with van der Waals surface area (Å²) in [6.45, 7) is 14.3. The van der Waals surface area contributed by atoms with Gasteiger partial charge in [0.1, 0.15) is 6.17 Å². The van der Waals surface area contributed by atoms with Crippen LogP contribution in [0, 0.1) is 0 Å². The van der Waals surface area contributed by atoms with Crippen molar-refractivity contribution < 1.29 is 4.39 Å². The van der Waals surface area contributed by atoms with Gasteiger partial charge in [-0.25, -0.2) is 4.39 Å². The number of hydrogen-bond donors (Lipinski definition) is 0. The molecule has 1 saturated heterocycles. The molecular formula is C13H27FN2. The number of hydrogen-bond acceptors (Lipinski definition) is 2. The van der Waals surface area contributed by atoms with Gasteiger partial charge < -0.3 is 0 Å². The average molecular weight is 230 g/mol. The third kappa shape index (κ3) is 2.95. The first-order chi connectivity index (χ1) is 7.03. The molecule has 2 atom stereocenters. The Kier molecular flexibility index (Phi) is 3.71. The van der Waals surface area contributed by atoms with Crippen molar-refractivity contribution in [1.29, 1.82) is 0 Å². The lowest BCUT2D eigenvalue weighted by Crippen LogP contribution is -2.50. The molecule has 0 N–H and O–H groups in total. The summed E-state index contributed by atoms with van der Waals surface area (Å²) in [6, 6.07) is 0.0271. The minimum absolute atomic E-state index is 0.0271. The molecule has 1 aliphatic rings. The van der Waals surface area contributed by atoms with Crippen LogP contribution < -0.4 is 0 Å². The monoisotopic (exact) mass is 230 g/mol. The van der Waals surface area contributed by atoms with Gasteiger partial charge in [0.2, 0.25) is 0 Å². The molecule has 0 saturated carbocycles. The molecule has 1 rings (SSSR count). The smallest absolute Gasteiger partial charge is 0.129 e. The summed E-state index contributed by atoms with van der Waals surface area (Å²) in [7, 11) is 2.03. The maximum absolute atomic E-state index is 14.1. The zero-order valence-corrected chi connectivity index (χ0v) is 11.8. The van der Waals surface area contributed by atoms with E-state index in [1.165, 1.54) is 0 Å². The normalized spacial score (nSPS) is 29.1. The molecule has 2 unspecified atom stereocenters. The number of likely N-dealkylation sites (tertiary alicyclic amines) is 1. The van der Waals surface area contributed by atoms with Crippen molar-refractivity contribution in [2.75, 3.05) is 20.1 Å². The van der Waals surface area contributed by atoms with Gasteiger partial charge >= 0.3 is 0 Å². The summed E-state index contributed by atoms with van der Waals surface area (Å²) < 4.78 is 14.1. The van der Waals surface area contributed by atoms with E-state index in [1.807, 2.05) is 7.05 Å². The van der Waals surface area contributed by atoms with Crippen LogP contribution in [-0.2, 0) is 0 Å². The van der Waals surface area contributed by atoms with Crippen LogP contribution in [-0.4, -0.2) is 53.2 Å². The largest absolute Gasteiger partial charge is 0.294 e. The molecule has 0 aromatic heterocycles. The number of nitrogens with zero attached hydrogens (tertiary/aromatic N) is 2. The standard InChI is InChI=1S/C13H27FN2/c1-12(2,3)15(7)11-9-16(8-10(11)14)13(4,5)6/h10-11H,8-9H2,1-7H3. The summed E-state index contributed by atoms with van der Waals surface area (Å²) in [5.41, 5.74) is 0.0979. The molecule has 1 heterocycles. The van der Waals surface area contributed by atoms with Crippen LogP contribution in [0.1, 0.15) is 41.5 Å². The molecule has 0 bridgehead atoms. The Morgan fingerprint density at radius 1 is 1.06 bits per heavy atom. The van der Waals surface area contributed by atoms with E-state index < -0.39 is 6.17 Å². The summed E-state index contributed by atoms with van der Waals surface area (Å²) >= 11 is 0.